The van der Waals surface area contributed by atoms with Crippen LogP contribution < -0.4 is 5.32 Å². The lowest BCUT2D eigenvalue weighted by atomic mass is 10.1. The number of anilines is 1. The van der Waals surface area contributed by atoms with E-state index in [0.717, 1.165) is 21.4 Å². The SMILES string of the molecule is C=C/C=C(\C=N)CNc1nc(-c2ccccc2Cl)cn2c(Br)cnc12. The van der Waals surface area contributed by atoms with Crippen LogP contribution in [0.3, 0.4) is 0 Å². The Balaban J connectivity index is 2.08. The molecule has 126 valence electrons. The second-order valence-electron chi connectivity index (χ2n) is 5.20. The molecule has 0 saturated carbocycles. The Kier molecular flexibility index (Phi) is 5.31. The normalized spacial score (nSPS) is 11.5. The number of nitrogens with one attached hydrogen (secondary N) is 2. The minimum absolute atomic E-state index is 0.439. The van der Waals surface area contributed by atoms with Crippen LogP contribution in [0.2, 0.25) is 5.02 Å². The molecule has 0 atom stereocenters. The molecule has 0 fully saturated rings. The molecule has 7 heteroatoms. The molecule has 25 heavy (non-hydrogen) atoms. The Labute approximate surface area is 158 Å². The van der Waals surface area contributed by atoms with Crippen LogP contribution in [-0.2, 0) is 0 Å². The minimum atomic E-state index is 0.439. The van der Waals surface area contributed by atoms with Crippen molar-refractivity contribution in [3.63, 3.8) is 0 Å². The summed E-state index contributed by atoms with van der Waals surface area (Å²) in [4.78, 5) is 9.07. The van der Waals surface area contributed by atoms with Crippen molar-refractivity contribution in [2.45, 2.75) is 0 Å². The summed E-state index contributed by atoms with van der Waals surface area (Å²) >= 11 is 9.82. The molecule has 0 aliphatic carbocycles. The van der Waals surface area contributed by atoms with Gasteiger partial charge in [-0.25, -0.2) is 9.97 Å². The maximum Gasteiger partial charge on any atom is 0.181 e. The number of hydrogen-bond donors (Lipinski definition) is 2. The van der Waals surface area contributed by atoms with Crippen molar-refractivity contribution in [2.75, 3.05) is 11.9 Å². The smallest absolute Gasteiger partial charge is 0.181 e. The highest BCUT2D eigenvalue weighted by atomic mass is 79.9. The quantitative estimate of drug-likeness (QED) is 0.439. The van der Waals surface area contributed by atoms with Gasteiger partial charge >= 0.3 is 0 Å². The van der Waals surface area contributed by atoms with E-state index >= 15 is 0 Å². The number of aromatic nitrogens is 3. The van der Waals surface area contributed by atoms with Gasteiger partial charge in [0.05, 0.1) is 16.9 Å². The van der Waals surface area contributed by atoms with Gasteiger partial charge in [0.1, 0.15) is 4.60 Å². The summed E-state index contributed by atoms with van der Waals surface area (Å²) in [5.74, 6) is 0.611. The van der Waals surface area contributed by atoms with Crippen molar-refractivity contribution in [1.29, 1.82) is 5.41 Å². The van der Waals surface area contributed by atoms with Crippen molar-refractivity contribution in [3.8, 4) is 11.3 Å². The number of benzene rings is 1. The molecule has 3 rings (SSSR count). The zero-order chi connectivity index (χ0) is 17.8. The number of hydrogen-bond acceptors (Lipinski definition) is 4. The van der Waals surface area contributed by atoms with E-state index in [4.69, 9.17) is 17.0 Å². The van der Waals surface area contributed by atoms with Gasteiger partial charge in [0, 0.05) is 24.5 Å². The third-order valence-electron chi connectivity index (χ3n) is 3.57. The highest BCUT2D eigenvalue weighted by Crippen LogP contribution is 2.29. The Morgan fingerprint density at radius 2 is 2.20 bits per heavy atom. The maximum absolute atomic E-state index is 7.45. The molecule has 0 spiro atoms. The second kappa shape index (κ2) is 7.63. The first-order valence-corrected chi connectivity index (χ1v) is 8.65. The molecule has 1 aromatic carbocycles. The highest BCUT2D eigenvalue weighted by molar-refractivity contribution is 9.10. The third-order valence-corrected chi connectivity index (χ3v) is 4.49. The predicted octanol–water partition coefficient (Wildman–Crippen LogP) is 4.99. The summed E-state index contributed by atoms with van der Waals surface area (Å²) in [6.07, 6.45) is 8.31. The van der Waals surface area contributed by atoms with Crippen LogP contribution in [-0.4, -0.2) is 27.1 Å². The van der Waals surface area contributed by atoms with E-state index in [1.165, 1.54) is 6.21 Å². The molecule has 5 nitrogen and oxygen atoms in total. The summed E-state index contributed by atoms with van der Waals surface area (Å²) in [5.41, 5.74) is 3.03. The molecule has 2 aromatic heterocycles. The third kappa shape index (κ3) is 3.65. The van der Waals surface area contributed by atoms with Crippen LogP contribution >= 0.6 is 27.5 Å². The van der Waals surface area contributed by atoms with Crippen LogP contribution in [0.15, 0.2) is 65.6 Å². The van der Waals surface area contributed by atoms with Gasteiger partial charge in [-0.3, -0.25) is 4.40 Å². The summed E-state index contributed by atoms with van der Waals surface area (Å²) in [5, 5.41) is 11.3. The number of halogens is 2. The number of allylic oxidation sites excluding steroid dienone is 2. The van der Waals surface area contributed by atoms with Crippen LogP contribution in [0.1, 0.15) is 0 Å². The zero-order valence-corrected chi connectivity index (χ0v) is 15.5. The molecule has 3 aromatic rings. The Morgan fingerprint density at radius 1 is 1.40 bits per heavy atom. The fourth-order valence-corrected chi connectivity index (χ4v) is 2.98. The van der Waals surface area contributed by atoms with Gasteiger partial charge in [-0.2, -0.15) is 0 Å². The molecule has 2 heterocycles. The average molecular weight is 417 g/mol. The topological polar surface area (TPSA) is 66.1 Å². The molecular formula is C18H15BrClN5. The van der Waals surface area contributed by atoms with Crippen molar-refractivity contribution >= 4 is 45.2 Å². The van der Waals surface area contributed by atoms with Gasteiger partial charge in [0.2, 0.25) is 0 Å². The lowest BCUT2D eigenvalue weighted by Gasteiger charge is -2.11. The van der Waals surface area contributed by atoms with E-state index in [2.05, 4.69) is 37.8 Å². The van der Waals surface area contributed by atoms with E-state index in [-0.39, 0.29) is 0 Å². The highest BCUT2D eigenvalue weighted by Gasteiger charge is 2.13. The van der Waals surface area contributed by atoms with Crippen molar-refractivity contribution in [3.05, 3.63) is 70.6 Å². The van der Waals surface area contributed by atoms with Gasteiger partial charge in [0.15, 0.2) is 11.5 Å². The first-order chi connectivity index (χ1) is 12.1. The van der Waals surface area contributed by atoms with E-state index in [1.807, 2.05) is 34.9 Å². The molecule has 0 bridgehead atoms. The van der Waals surface area contributed by atoms with Crippen LogP contribution in [0.25, 0.3) is 16.9 Å². The summed E-state index contributed by atoms with van der Waals surface area (Å²) in [7, 11) is 0. The van der Waals surface area contributed by atoms with Crippen molar-refractivity contribution in [2.24, 2.45) is 0 Å². The van der Waals surface area contributed by atoms with Gasteiger partial charge < -0.3 is 10.7 Å². The molecule has 0 aliphatic rings. The van der Waals surface area contributed by atoms with E-state index in [0.29, 0.717) is 23.0 Å². The molecule has 2 N–H and O–H groups in total. The monoisotopic (exact) mass is 415 g/mol. The number of fused-ring (bicyclic) bond motifs is 1. The summed E-state index contributed by atoms with van der Waals surface area (Å²) in [6.45, 7) is 4.10. The number of nitrogens with zero attached hydrogens (tertiary/aromatic N) is 3. The van der Waals surface area contributed by atoms with Gasteiger partial charge in [0.25, 0.3) is 0 Å². The molecule has 0 amide bonds. The number of imidazole rings is 1. The fourth-order valence-electron chi connectivity index (χ4n) is 2.37. The first-order valence-electron chi connectivity index (χ1n) is 7.48. The number of rotatable bonds is 6. The van der Waals surface area contributed by atoms with Gasteiger partial charge in [-0.05, 0) is 27.6 Å². The lowest BCUT2D eigenvalue weighted by molar-refractivity contribution is 1.09. The predicted molar refractivity (Wildman–Crippen MR) is 107 cm³/mol. The fraction of sp³-hybridized carbons (Fsp3) is 0.0556. The molecule has 0 saturated heterocycles. The standard InChI is InChI=1S/C18H15BrClN5/c1-2-5-12(8-21)9-22-17-18-23-10-16(19)25(18)11-15(24-17)13-6-3-4-7-14(13)20/h2-8,10-11,21H,1,9H2,(H,22,24)/b12-5+,21-8?. The van der Waals surface area contributed by atoms with E-state index in [9.17, 15) is 0 Å². The molecule has 0 unspecified atom stereocenters. The van der Waals surface area contributed by atoms with Gasteiger partial charge in [-0.15, -0.1) is 0 Å². The average Bonchev–Trinajstić information content (AvgIpc) is 3.00. The van der Waals surface area contributed by atoms with Gasteiger partial charge in [-0.1, -0.05) is 48.5 Å². The summed E-state index contributed by atoms with van der Waals surface area (Å²) in [6, 6.07) is 7.56. The van der Waals surface area contributed by atoms with Crippen LogP contribution in [0, 0.1) is 5.41 Å². The van der Waals surface area contributed by atoms with Crippen LogP contribution in [0.5, 0.6) is 0 Å². The van der Waals surface area contributed by atoms with E-state index < -0.39 is 0 Å². The van der Waals surface area contributed by atoms with Crippen molar-refractivity contribution in [1.82, 2.24) is 14.4 Å². The first kappa shape index (κ1) is 17.4. The minimum Gasteiger partial charge on any atom is -0.363 e. The summed E-state index contributed by atoms with van der Waals surface area (Å²) < 4.78 is 2.71. The lowest BCUT2D eigenvalue weighted by Crippen LogP contribution is -2.09. The van der Waals surface area contributed by atoms with Crippen molar-refractivity contribution < 1.29 is 0 Å². The molecule has 0 aliphatic heterocycles. The maximum atomic E-state index is 7.45. The van der Waals surface area contributed by atoms with E-state index in [1.54, 1.807) is 18.3 Å². The Hall–Kier alpha value is -2.44. The Bertz CT molecular complexity index is 977. The Morgan fingerprint density at radius 3 is 2.92 bits per heavy atom. The molecular weight excluding hydrogens is 402 g/mol. The zero-order valence-electron chi connectivity index (χ0n) is 13.2. The molecule has 0 radical (unpaired) electrons. The second-order valence-corrected chi connectivity index (χ2v) is 6.42. The largest absolute Gasteiger partial charge is 0.363 e. The van der Waals surface area contributed by atoms with Crippen LogP contribution in [0.4, 0.5) is 5.82 Å².